The zero-order chi connectivity index (χ0) is 17.9. The van der Waals surface area contributed by atoms with E-state index in [1.807, 2.05) is 59.7 Å². The van der Waals surface area contributed by atoms with Gasteiger partial charge in [-0.25, -0.2) is 14.4 Å². The third kappa shape index (κ3) is 2.97. The van der Waals surface area contributed by atoms with Crippen LogP contribution in [-0.2, 0) is 4.79 Å². The van der Waals surface area contributed by atoms with Crippen molar-refractivity contribution in [1.82, 2.24) is 5.01 Å². The van der Waals surface area contributed by atoms with Gasteiger partial charge in [-0.1, -0.05) is 30.3 Å². The first-order chi connectivity index (χ1) is 12.8. The van der Waals surface area contributed by atoms with E-state index in [9.17, 15) is 9.18 Å². The summed E-state index contributed by atoms with van der Waals surface area (Å²) in [6.07, 6.45) is 7.68. The van der Waals surface area contributed by atoms with Gasteiger partial charge in [0.1, 0.15) is 5.82 Å². The highest BCUT2D eigenvalue weighted by Crippen LogP contribution is 2.33. The van der Waals surface area contributed by atoms with Crippen LogP contribution in [0.15, 0.2) is 77.7 Å². The van der Waals surface area contributed by atoms with Gasteiger partial charge < -0.3 is 5.32 Å². The highest BCUT2D eigenvalue weighted by molar-refractivity contribution is 5.96. The SMILES string of the molecule is O=C(CF)Nc1ccccc1-c1cccc(N2CC=C3N=CC=CN32)c1. The van der Waals surface area contributed by atoms with Gasteiger partial charge in [0.2, 0.25) is 0 Å². The third-order valence-electron chi connectivity index (χ3n) is 4.24. The molecule has 2 aromatic carbocycles. The van der Waals surface area contributed by atoms with Crippen LogP contribution in [0.5, 0.6) is 0 Å². The molecule has 4 rings (SSSR count). The van der Waals surface area contributed by atoms with E-state index in [4.69, 9.17) is 0 Å². The second-order valence-electron chi connectivity index (χ2n) is 5.89. The van der Waals surface area contributed by atoms with Crippen molar-refractivity contribution in [3.8, 4) is 11.1 Å². The van der Waals surface area contributed by atoms with Crippen LogP contribution in [0, 0.1) is 0 Å². The first kappa shape index (κ1) is 16.1. The number of anilines is 2. The summed E-state index contributed by atoms with van der Waals surface area (Å²) >= 11 is 0. The minimum Gasteiger partial charge on any atom is -0.323 e. The van der Waals surface area contributed by atoms with E-state index < -0.39 is 12.6 Å². The molecule has 2 heterocycles. The number of fused-ring (bicyclic) bond motifs is 1. The number of halogens is 1. The van der Waals surface area contributed by atoms with Crippen molar-refractivity contribution in [2.45, 2.75) is 0 Å². The molecule has 2 aromatic rings. The van der Waals surface area contributed by atoms with Gasteiger partial charge in [-0.2, -0.15) is 0 Å². The molecule has 130 valence electrons. The smallest absolute Gasteiger partial charge is 0.255 e. The fourth-order valence-electron chi connectivity index (χ4n) is 3.07. The van der Waals surface area contributed by atoms with Crippen molar-refractivity contribution < 1.29 is 9.18 Å². The van der Waals surface area contributed by atoms with E-state index in [-0.39, 0.29) is 0 Å². The van der Waals surface area contributed by atoms with Crippen LogP contribution in [0.4, 0.5) is 15.8 Å². The molecule has 2 aliphatic rings. The normalized spacial score (nSPS) is 15.0. The highest BCUT2D eigenvalue weighted by Gasteiger charge is 2.23. The zero-order valence-electron chi connectivity index (χ0n) is 14.0. The van der Waals surface area contributed by atoms with Gasteiger partial charge in [0.15, 0.2) is 6.67 Å². The molecule has 2 aliphatic heterocycles. The summed E-state index contributed by atoms with van der Waals surface area (Å²) in [6.45, 7) is -0.320. The van der Waals surface area contributed by atoms with Gasteiger partial charge in [-0.15, -0.1) is 0 Å². The maximum atomic E-state index is 12.6. The Kier molecular flexibility index (Phi) is 4.23. The Morgan fingerprint density at radius 3 is 2.96 bits per heavy atom. The number of aliphatic imine (C=N–C) groups is 1. The van der Waals surface area contributed by atoms with E-state index in [1.165, 1.54) is 0 Å². The predicted molar refractivity (Wildman–Crippen MR) is 101 cm³/mol. The molecule has 0 bridgehead atoms. The lowest BCUT2D eigenvalue weighted by atomic mass is 10.0. The number of para-hydroxylation sites is 1. The number of nitrogens with one attached hydrogen (secondary N) is 1. The molecule has 0 unspecified atom stereocenters. The first-order valence-corrected chi connectivity index (χ1v) is 8.29. The van der Waals surface area contributed by atoms with E-state index in [1.54, 1.807) is 12.3 Å². The number of hydrogen-bond donors (Lipinski definition) is 1. The molecule has 26 heavy (non-hydrogen) atoms. The summed E-state index contributed by atoms with van der Waals surface area (Å²) in [5.41, 5.74) is 3.38. The van der Waals surface area contributed by atoms with Gasteiger partial charge in [0, 0.05) is 23.7 Å². The lowest BCUT2D eigenvalue weighted by Gasteiger charge is -2.31. The Labute approximate surface area is 150 Å². The van der Waals surface area contributed by atoms with Crippen LogP contribution in [0.25, 0.3) is 11.1 Å². The number of benzene rings is 2. The Balaban J connectivity index is 1.66. The molecule has 0 saturated heterocycles. The molecule has 0 spiro atoms. The van der Waals surface area contributed by atoms with Gasteiger partial charge in [-0.3, -0.25) is 9.80 Å². The van der Waals surface area contributed by atoms with Crippen LogP contribution in [-0.4, -0.2) is 30.4 Å². The molecule has 0 saturated carbocycles. The number of rotatable bonds is 4. The average Bonchev–Trinajstić information content (AvgIpc) is 3.12. The summed E-state index contributed by atoms with van der Waals surface area (Å²) < 4.78 is 12.6. The maximum Gasteiger partial charge on any atom is 0.255 e. The Bertz CT molecular complexity index is 935. The number of alkyl halides is 1. The maximum absolute atomic E-state index is 12.6. The molecular formula is C20H17FN4O. The molecular weight excluding hydrogens is 331 g/mol. The molecule has 0 fully saturated rings. The summed E-state index contributed by atoms with van der Waals surface area (Å²) in [5, 5.41) is 6.72. The standard InChI is InChI=1S/C20H17FN4O/c21-14-20(26)23-18-8-2-1-7-17(18)15-5-3-6-16(13-15)24-12-9-19-22-10-4-11-25(19)24/h1-11,13H,12,14H2,(H,23,26). The summed E-state index contributed by atoms with van der Waals surface area (Å²) in [7, 11) is 0. The zero-order valence-corrected chi connectivity index (χ0v) is 14.0. The number of amides is 1. The van der Waals surface area contributed by atoms with Gasteiger partial charge in [0.25, 0.3) is 5.91 Å². The van der Waals surface area contributed by atoms with Crippen LogP contribution < -0.4 is 10.3 Å². The molecule has 5 nitrogen and oxygen atoms in total. The molecule has 0 aromatic heterocycles. The topological polar surface area (TPSA) is 47.9 Å². The number of carbonyl (C=O) groups is 1. The van der Waals surface area contributed by atoms with Crippen molar-refractivity contribution in [2.24, 2.45) is 4.99 Å². The van der Waals surface area contributed by atoms with Crippen LogP contribution in [0.2, 0.25) is 0 Å². The number of nitrogens with zero attached hydrogens (tertiary/aromatic N) is 3. The van der Waals surface area contributed by atoms with Crippen molar-refractivity contribution in [1.29, 1.82) is 0 Å². The van der Waals surface area contributed by atoms with Crippen molar-refractivity contribution in [3.63, 3.8) is 0 Å². The van der Waals surface area contributed by atoms with E-state index in [2.05, 4.69) is 21.4 Å². The van der Waals surface area contributed by atoms with Gasteiger partial charge in [-0.05, 0) is 35.9 Å². The average molecular weight is 348 g/mol. The Morgan fingerprint density at radius 1 is 1.19 bits per heavy atom. The van der Waals surface area contributed by atoms with Gasteiger partial charge >= 0.3 is 0 Å². The van der Waals surface area contributed by atoms with E-state index >= 15 is 0 Å². The fourth-order valence-corrected chi connectivity index (χ4v) is 3.07. The highest BCUT2D eigenvalue weighted by atomic mass is 19.1. The number of allylic oxidation sites excluding steroid dienone is 1. The van der Waals surface area contributed by atoms with Crippen molar-refractivity contribution >= 4 is 23.5 Å². The lowest BCUT2D eigenvalue weighted by Crippen LogP contribution is -2.33. The Morgan fingerprint density at radius 2 is 2.08 bits per heavy atom. The lowest BCUT2D eigenvalue weighted by molar-refractivity contribution is -0.117. The molecule has 1 amide bonds. The minimum absolute atomic E-state index is 0.593. The molecule has 0 atom stereocenters. The largest absolute Gasteiger partial charge is 0.323 e. The second-order valence-corrected chi connectivity index (χ2v) is 5.89. The van der Waals surface area contributed by atoms with Crippen molar-refractivity contribution in [2.75, 3.05) is 23.5 Å². The minimum atomic E-state index is -1.04. The molecule has 0 aliphatic carbocycles. The fraction of sp³-hybridized carbons (Fsp3) is 0.100. The first-order valence-electron chi connectivity index (χ1n) is 8.29. The third-order valence-corrected chi connectivity index (χ3v) is 4.24. The molecule has 0 radical (unpaired) electrons. The number of hydrazine groups is 1. The van der Waals surface area contributed by atoms with E-state index in [0.717, 1.165) is 29.2 Å². The number of hydrogen-bond acceptors (Lipinski definition) is 4. The molecule has 6 heteroatoms. The number of carbonyl (C=O) groups excluding carboxylic acids is 1. The summed E-state index contributed by atoms with van der Waals surface area (Å²) in [5.74, 6) is 0.242. The summed E-state index contributed by atoms with van der Waals surface area (Å²) in [4.78, 5) is 15.8. The quantitative estimate of drug-likeness (QED) is 0.916. The molecule has 1 N–H and O–H groups in total. The van der Waals surface area contributed by atoms with Crippen LogP contribution in [0.3, 0.4) is 0 Å². The Hall–Kier alpha value is -3.41. The second kappa shape index (κ2) is 6.84. The summed E-state index contributed by atoms with van der Waals surface area (Å²) in [6, 6.07) is 15.4. The van der Waals surface area contributed by atoms with Crippen LogP contribution in [0.1, 0.15) is 0 Å². The van der Waals surface area contributed by atoms with E-state index in [0.29, 0.717) is 5.69 Å². The van der Waals surface area contributed by atoms with Crippen molar-refractivity contribution in [3.05, 3.63) is 72.7 Å². The van der Waals surface area contributed by atoms with Gasteiger partial charge in [0.05, 0.1) is 12.2 Å². The monoisotopic (exact) mass is 348 g/mol. The van der Waals surface area contributed by atoms with Crippen LogP contribution >= 0.6 is 0 Å². The predicted octanol–water partition coefficient (Wildman–Crippen LogP) is 3.74.